The van der Waals surface area contributed by atoms with Crippen LogP contribution in [0.3, 0.4) is 0 Å². The summed E-state index contributed by atoms with van der Waals surface area (Å²) in [5, 5.41) is 3.09. The van der Waals surface area contributed by atoms with Crippen molar-refractivity contribution in [3.05, 3.63) is 0 Å². The van der Waals surface area contributed by atoms with E-state index in [9.17, 15) is 4.21 Å². The molecule has 2 atom stereocenters. The van der Waals surface area contributed by atoms with Gasteiger partial charge in [0.1, 0.15) is 0 Å². The van der Waals surface area contributed by atoms with Crippen LogP contribution in [0.2, 0.25) is 0 Å². The summed E-state index contributed by atoms with van der Waals surface area (Å²) in [7, 11) is 0. The first kappa shape index (κ1) is 11.0. The predicted octanol–water partition coefficient (Wildman–Crippen LogP) is 0.528. The summed E-state index contributed by atoms with van der Waals surface area (Å²) in [6.45, 7) is 5.50. The number of hydrogen-bond acceptors (Lipinski definition) is 3. The van der Waals surface area contributed by atoms with Gasteiger partial charge in [0, 0.05) is 0 Å². The van der Waals surface area contributed by atoms with Crippen molar-refractivity contribution in [3.8, 4) is 0 Å². The molecule has 0 amide bonds. The summed E-state index contributed by atoms with van der Waals surface area (Å²) in [5.74, 6) is 0. The van der Waals surface area contributed by atoms with E-state index < -0.39 is 11.4 Å². The van der Waals surface area contributed by atoms with Gasteiger partial charge in [-0.2, -0.15) is 4.21 Å². The Morgan fingerprint density at radius 3 is 2.82 bits per heavy atom. The van der Waals surface area contributed by atoms with Gasteiger partial charge in [0.2, 0.25) is 0 Å². The van der Waals surface area contributed by atoms with Gasteiger partial charge in [-0.05, 0) is 26.4 Å². The maximum atomic E-state index is 10.1. The van der Waals surface area contributed by atoms with Gasteiger partial charge in [0.15, 0.2) is 0 Å². The summed E-state index contributed by atoms with van der Waals surface area (Å²) in [4.78, 5) is 0. The second-order valence-electron chi connectivity index (χ2n) is 2.27. The molecule has 5 heteroatoms. The lowest BCUT2D eigenvalue weighted by molar-refractivity contribution is 0.212. The van der Waals surface area contributed by atoms with Crippen LogP contribution in [0, 0.1) is 0 Å². The highest BCUT2D eigenvalue weighted by Crippen LogP contribution is 1.96. The van der Waals surface area contributed by atoms with E-state index >= 15 is 0 Å². The SMILES string of the molecule is CCNCCC(C)OS(=O)O. The van der Waals surface area contributed by atoms with Crippen molar-refractivity contribution in [2.75, 3.05) is 13.1 Å². The molecule has 0 saturated carbocycles. The smallest absolute Gasteiger partial charge is 0.302 e. The van der Waals surface area contributed by atoms with Crippen molar-refractivity contribution in [3.63, 3.8) is 0 Å². The first-order valence-corrected chi connectivity index (χ1v) is 4.68. The van der Waals surface area contributed by atoms with Crippen LogP contribution >= 0.6 is 0 Å². The van der Waals surface area contributed by atoms with E-state index in [-0.39, 0.29) is 6.10 Å². The molecule has 0 aromatic heterocycles. The second-order valence-corrected chi connectivity index (χ2v) is 2.89. The van der Waals surface area contributed by atoms with Crippen LogP contribution in [0.5, 0.6) is 0 Å². The fraction of sp³-hybridized carbons (Fsp3) is 1.00. The topological polar surface area (TPSA) is 58.6 Å². The average Bonchev–Trinajstić information content (AvgIpc) is 1.86. The lowest BCUT2D eigenvalue weighted by Gasteiger charge is -2.08. The highest BCUT2D eigenvalue weighted by Gasteiger charge is 2.04. The molecule has 0 aromatic carbocycles. The Kier molecular flexibility index (Phi) is 6.74. The Hall–Kier alpha value is 0.0300. The minimum atomic E-state index is -2.13. The largest absolute Gasteiger partial charge is 0.317 e. The third kappa shape index (κ3) is 7.93. The van der Waals surface area contributed by atoms with Crippen LogP contribution in [0.1, 0.15) is 20.3 Å². The molecule has 0 aliphatic rings. The third-order valence-corrected chi connectivity index (χ3v) is 1.72. The zero-order valence-corrected chi connectivity index (χ0v) is 7.69. The minimum absolute atomic E-state index is 0.167. The van der Waals surface area contributed by atoms with Crippen LogP contribution in [0.15, 0.2) is 0 Å². The number of rotatable bonds is 6. The first-order chi connectivity index (χ1) is 5.16. The molecule has 2 N–H and O–H groups in total. The quantitative estimate of drug-likeness (QED) is 0.463. The van der Waals surface area contributed by atoms with E-state index in [1.807, 2.05) is 6.92 Å². The molecule has 0 rings (SSSR count). The molecular formula is C6H15NO3S. The molecule has 68 valence electrons. The fourth-order valence-corrected chi connectivity index (χ4v) is 1.05. The molecule has 0 saturated heterocycles. The number of hydrogen-bond donors (Lipinski definition) is 2. The van der Waals surface area contributed by atoms with E-state index in [2.05, 4.69) is 9.50 Å². The van der Waals surface area contributed by atoms with Crippen LogP contribution in [0.4, 0.5) is 0 Å². The summed E-state index contributed by atoms with van der Waals surface area (Å²) in [6, 6.07) is 0. The van der Waals surface area contributed by atoms with Crippen molar-refractivity contribution < 1.29 is 12.9 Å². The highest BCUT2D eigenvalue weighted by molar-refractivity contribution is 7.74. The van der Waals surface area contributed by atoms with Crippen LogP contribution in [-0.4, -0.2) is 28.0 Å². The lowest BCUT2D eigenvalue weighted by Crippen LogP contribution is -2.20. The molecule has 0 spiro atoms. The standard InChI is InChI=1S/C6H15NO3S/c1-3-7-5-4-6(2)10-11(8)9/h6-7H,3-5H2,1-2H3,(H,8,9). The molecule has 0 radical (unpaired) electrons. The Labute approximate surface area is 69.8 Å². The Morgan fingerprint density at radius 2 is 2.36 bits per heavy atom. The Morgan fingerprint density at radius 1 is 1.73 bits per heavy atom. The van der Waals surface area contributed by atoms with Gasteiger partial charge in [-0.25, -0.2) is 0 Å². The van der Waals surface area contributed by atoms with E-state index in [4.69, 9.17) is 4.55 Å². The van der Waals surface area contributed by atoms with Gasteiger partial charge in [0.25, 0.3) is 0 Å². The number of nitrogens with one attached hydrogen (secondary N) is 1. The summed E-state index contributed by atoms with van der Waals surface area (Å²) >= 11 is -2.13. The summed E-state index contributed by atoms with van der Waals surface area (Å²) in [6.07, 6.45) is 0.583. The zero-order valence-electron chi connectivity index (χ0n) is 6.87. The maximum Gasteiger partial charge on any atom is 0.302 e. The van der Waals surface area contributed by atoms with Crippen molar-refractivity contribution >= 4 is 11.4 Å². The second kappa shape index (κ2) is 6.72. The summed E-state index contributed by atoms with van der Waals surface area (Å²) < 4.78 is 23.0. The fourth-order valence-electron chi connectivity index (χ4n) is 0.671. The molecule has 0 heterocycles. The van der Waals surface area contributed by atoms with Gasteiger partial charge in [-0.3, -0.25) is 8.74 Å². The van der Waals surface area contributed by atoms with Crippen LogP contribution in [-0.2, 0) is 15.5 Å². The van der Waals surface area contributed by atoms with Crippen molar-refractivity contribution in [1.29, 1.82) is 0 Å². The van der Waals surface area contributed by atoms with E-state index in [1.54, 1.807) is 6.92 Å². The summed E-state index contributed by atoms with van der Waals surface area (Å²) in [5.41, 5.74) is 0. The molecule has 0 aliphatic carbocycles. The molecule has 0 bridgehead atoms. The van der Waals surface area contributed by atoms with Gasteiger partial charge in [-0.1, -0.05) is 6.92 Å². The van der Waals surface area contributed by atoms with E-state index in [0.29, 0.717) is 0 Å². The van der Waals surface area contributed by atoms with Gasteiger partial charge >= 0.3 is 11.4 Å². The molecule has 4 nitrogen and oxygen atoms in total. The van der Waals surface area contributed by atoms with Crippen LogP contribution in [0.25, 0.3) is 0 Å². The Balaban J connectivity index is 3.22. The minimum Gasteiger partial charge on any atom is -0.317 e. The predicted molar refractivity (Wildman–Crippen MR) is 44.5 cm³/mol. The van der Waals surface area contributed by atoms with E-state index in [0.717, 1.165) is 19.5 Å². The Bertz CT molecular complexity index is 120. The normalized spacial score (nSPS) is 16.3. The van der Waals surface area contributed by atoms with Crippen molar-refractivity contribution in [1.82, 2.24) is 5.32 Å². The van der Waals surface area contributed by atoms with Gasteiger partial charge < -0.3 is 5.32 Å². The van der Waals surface area contributed by atoms with E-state index in [1.165, 1.54) is 0 Å². The molecule has 11 heavy (non-hydrogen) atoms. The molecular weight excluding hydrogens is 166 g/mol. The zero-order chi connectivity index (χ0) is 8.69. The molecule has 2 unspecified atom stereocenters. The van der Waals surface area contributed by atoms with Gasteiger partial charge in [0.05, 0.1) is 6.10 Å². The lowest BCUT2D eigenvalue weighted by atomic mass is 10.3. The monoisotopic (exact) mass is 181 g/mol. The maximum absolute atomic E-state index is 10.1. The van der Waals surface area contributed by atoms with Crippen molar-refractivity contribution in [2.24, 2.45) is 0 Å². The third-order valence-electron chi connectivity index (χ3n) is 1.22. The average molecular weight is 181 g/mol. The highest BCUT2D eigenvalue weighted by atomic mass is 32.2. The first-order valence-electron chi connectivity index (χ1n) is 3.65. The molecule has 0 fully saturated rings. The van der Waals surface area contributed by atoms with Gasteiger partial charge in [-0.15, -0.1) is 0 Å². The van der Waals surface area contributed by atoms with Crippen molar-refractivity contribution in [2.45, 2.75) is 26.4 Å². The molecule has 0 aliphatic heterocycles. The molecule has 0 aromatic rings. The van der Waals surface area contributed by atoms with Crippen LogP contribution < -0.4 is 5.32 Å².